The lowest BCUT2D eigenvalue weighted by Crippen LogP contribution is -2.41. The topological polar surface area (TPSA) is 42.2 Å². The van der Waals surface area contributed by atoms with Gasteiger partial charge in [0.05, 0.1) is 12.1 Å². The first-order chi connectivity index (χ1) is 17.3. The first-order valence-electron chi connectivity index (χ1n) is 14.0. The number of pyridine rings is 1. The van der Waals surface area contributed by atoms with E-state index in [1.165, 1.54) is 50.5 Å². The molecular formula is C32H49N2O2+. The Morgan fingerprint density at radius 3 is 2.33 bits per heavy atom. The van der Waals surface area contributed by atoms with Crippen LogP contribution < -0.4 is 9.88 Å². The standard InChI is InChI=1S/C32H48N2O2/c1-6-7-8-9-10-13-17-28-20-23-34(24-21-28)22-14-11-12-15-25-36-31(35)33-32(4,5)30-19-16-18-29(26-30)27(2)3/h16,18-21,23-24,26H,2,6-15,17,22,25H2,1,3-5H3/p+1. The second-order valence-corrected chi connectivity index (χ2v) is 10.6. The van der Waals surface area contributed by atoms with E-state index >= 15 is 0 Å². The third kappa shape index (κ3) is 11.4. The second-order valence-electron chi connectivity index (χ2n) is 10.6. The molecule has 0 spiro atoms. The Labute approximate surface area is 220 Å². The van der Waals surface area contributed by atoms with Crippen LogP contribution >= 0.6 is 0 Å². The van der Waals surface area contributed by atoms with Gasteiger partial charge in [-0.05, 0) is 75.6 Å². The number of hydrogen-bond acceptors (Lipinski definition) is 2. The molecule has 2 rings (SSSR count). The van der Waals surface area contributed by atoms with Crippen molar-refractivity contribution in [1.29, 1.82) is 0 Å². The number of nitrogens with zero attached hydrogens (tertiary/aromatic N) is 1. The number of benzene rings is 1. The molecule has 0 fully saturated rings. The number of ether oxygens (including phenoxy) is 1. The van der Waals surface area contributed by atoms with E-state index in [1.54, 1.807) is 0 Å². The van der Waals surface area contributed by atoms with E-state index in [0.717, 1.165) is 48.9 Å². The lowest BCUT2D eigenvalue weighted by molar-refractivity contribution is -0.697. The van der Waals surface area contributed by atoms with Crippen LogP contribution in [0.5, 0.6) is 0 Å². The molecule has 0 aliphatic heterocycles. The van der Waals surface area contributed by atoms with Crippen molar-refractivity contribution in [3.05, 3.63) is 72.1 Å². The van der Waals surface area contributed by atoms with Gasteiger partial charge in [-0.1, -0.05) is 69.4 Å². The number of allylic oxidation sites excluding steroid dienone is 1. The highest BCUT2D eigenvalue weighted by atomic mass is 16.5. The minimum atomic E-state index is -0.510. The van der Waals surface area contributed by atoms with Gasteiger partial charge in [0.2, 0.25) is 0 Å². The summed E-state index contributed by atoms with van der Waals surface area (Å²) in [7, 11) is 0. The predicted octanol–water partition coefficient (Wildman–Crippen LogP) is 8.13. The van der Waals surface area contributed by atoms with Crippen LogP contribution in [0.4, 0.5) is 4.79 Å². The van der Waals surface area contributed by atoms with Gasteiger partial charge in [0, 0.05) is 18.6 Å². The minimum absolute atomic E-state index is 0.364. The number of hydrogen-bond donors (Lipinski definition) is 1. The Kier molecular flexibility index (Phi) is 13.3. The molecule has 36 heavy (non-hydrogen) atoms. The molecule has 0 aliphatic rings. The first-order valence-corrected chi connectivity index (χ1v) is 14.0. The Hall–Kier alpha value is -2.62. The van der Waals surface area contributed by atoms with E-state index in [4.69, 9.17) is 4.74 Å². The number of carbonyl (C=O) groups excluding carboxylic acids is 1. The van der Waals surface area contributed by atoms with Crippen molar-refractivity contribution in [3.8, 4) is 0 Å². The molecule has 0 saturated carbocycles. The zero-order valence-electron chi connectivity index (χ0n) is 23.3. The van der Waals surface area contributed by atoms with Crippen LogP contribution in [-0.2, 0) is 23.2 Å². The molecule has 0 bridgehead atoms. The molecule has 1 aromatic carbocycles. The summed E-state index contributed by atoms with van der Waals surface area (Å²) in [6, 6.07) is 12.7. The third-order valence-corrected chi connectivity index (χ3v) is 6.81. The molecule has 4 nitrogen and oxygen atoms in total. The Morgan fingerprint density at radius 1 is 0.944 bits per heavy atom. The van der Waals surface area contributed by atoms with Crippen LogP contribution in [0.2, 0.25) is 0 Å². The molecule has 1 heterocycles. The maximum absolute atomic E-state index is 12.3. The average molecular weight is 494 g/mol. The number of carbonyl (C=O) groups is 1. The highest BCUT2D eigenvalue weighted by molar-refractivity contribution is 5.69. The summed E-state index contributed by atoms with van der Waals surface area (Å²) < 4.78 is 7.72. The molecule has 2 aromatic rings. The summed E-state index contributed by atoms with van der Waals surface area (Å²) in [5.41, 5.74) is 4.06. The van der Waals surface area contributed by atoms with E-state index in [1.807, 2.05) is 39.0 Å². The van der Waals surface area contributed by atoms with Gasteiger partial charge >= 0.3 is 6.09 Å². The molecule has 0 aliphatic carbocycles. The number of unbranched alkanes of at least 4 members (excludes halogenated alkanes) is 8. The summed E-state index contributed by atoms with van der Waals surface area (Å²) in [5, 5.41) is 3.00. The van der Waals surface area contributed by atoms with E-state index in [0.29, 0.717) is 6.61 Å². The number of amides is 1. The zero-order valence-corrected chi connectivity index (χ0v) is 23.3. The highest BCUT2D eigenvalue weighted by Crippen LogP contribution is 2.23. The van der Waals surface area contributed by atoms with Crippen LogP contribution in [0, 0.1) is 0 Å². The fourth-order valence-corrected chi connectivity index (χ4v) is 4.37. The van der Waals surface area contributed by atoms with E-state index in [2.05, 4.69) is 54.0 Å². The fourth-order valence-electron chi connectivity index (χ4n) is 4.37. The van der Waals surface area contributed by atoms with E-state index in [-0.39, 0.29) is 6.09 Å². The van der Waals surface area contributed by atoms with E-state index < -0.39 is 5.54 Å². The van der Waals surface area contributed by atoms with Gasteiger partial charge in [0.1, 0.15) is 6.54 Å². The molecule has 1 amide bonds. The van der Waals surface area contributed by atoms with Crippen molar-refractivity contribution in [2.24, 2.45) is 0 Å². The predicted molar refractivity (Wildman–Crippen MR) is 151 cm³/mol. The lowest BCUT2D eigenvalue weighted by atomic mass is 9.92. The van der Waals surface area contributed by atoms with Crippen LogP contribution in [0.25, 0.3) is 5.57 Å². The smallest absolute Gasteiger partial charge is 0.407 e. The second kappa shape index (κ2) is 16.2. The Balaban J connectivity index is 1.56. The average Bonchev–Trinajstić information content (AvgIpc) is 2.86. The molecular weight excluding hydrogens is 444 g/mol. The largest absolute Gasteiger partial charge is 0.450 e. The fraction of sp³-hybridized carbons (Fsp3) is 0.562. The molecule has 0 saturated heterocycles. The summed E-state index contributed by atoms with van der Waals surface area (Å²) in [6.45, 7) is 13.7. The normalized spacial score (nSPS) is 11.3. The monoisotopic (exact) mass is 493 g/mol. The summed E-state index contributed by atoms with van der Waals surface area (Å²) in [6.07, 6.45) is 17.6. The maximum atomic E-state index is 12.3. The van der Waals surface area contributed by atoms with Gasteiger partial charge in [-0.15, -0.1) is 0 Å². The lowest BCUT2D eigenvalue weighted by Gasteiger charge is -2.27. The van der Waals surface area contributed by atoms with Crippen LogP contribution in [-0.4, -0.2) is 12.7 Å². The number of aryl methyl sites for hydroxylation is 2. The van der Waals surface area contributed by atoms with Gasteiger partial charge in [-0.3, -0.25) is 0 Å². The van der Waals surface area contributed by atoms with Crippen molar-refractivity contribution in [2.45, 2.75) is 110 Å². The van der Waals surface area contributed by atoms with E-state index in [9.17, 15) is 4.79 Å². The quantitative estimate of drug-likeness (QED) is 0.178. The summed E-state index contributed by atoms with van der Waals surface area (Å²) in [4.78, 5) is 12.3. The maximum Gasteiger partial charge on any atom is 0.407 e. The highest BCUT2D eigenvalue weighted by Gasteiger charge is 2.23. The first kappa shape index (κ1) is 29.6. The molecule has 4 heteroatoms. The molecule has 0 unspecified atom stereocenters. The van der Waals surface area contributed by atoms with Crippen molar-refractivity contribution in [1.82, 2.24) is 5.32 Å². The minimum Gasteiger partial charge on any atom is -0.450 e. The number of alkyl carbamates (subject to hydrolysis) is 1. The van der Waals surface area contributed by atoms with Crippen molar-refractivity contribution in [2.75, 3.05) is 6.61 Å². The van der Waals surface area contributed by atoms with Gasteiger partial charge in [-0.2, -0.15) is 0 Å². The van der Waals surface area contributed by atoms with Gasteiger partial charge in [0.15, 0.2) is 12.4 Å². The number of nitrogens with one attached hydrogen (secondary N) is 1. The van der Waals surface area contributed by atoms with Crippen molar-refractivity contribution in [3.63, 3.8) is 0 Å². The SMILES string of the molecule is C=C(C)c1cccc(C(C)(C)NC(=O)OCCCCCC[n+]2ccc(CCCCCCCC)cc2)c1. The van der Waals surface area contributed by atoms with Crippen LogP contribution in [0.1, 0.15) is 109 Å². The van der Waals surface area contributed by atoms with Crippen molar-refractivity contribution >= 4 is 11.7 Å². The molecule has 198 valence electrons. The number of rotatable bonds is 17. The molecule has 1 N–H and O–H groups in total. The Morgan fingerprint density at radius 2 is 1.61 bits per heavy atom. The zero-order chi connectivity index (χ0) is 26.2. The summed E-state index contributed by atoms with van der Waals surface area (Å²) >= 11 is 0. The summed E-state index contributed by atoms with van der Waals surface area (Å²) in [5.74, 6) is 0. The van der Waals surface area contributed by atoms with Gasteiger partial charge in [-0.25, -0.2) is 9.36 Å². The molecule has 1 aromatic heterocycles. The third-order valence-electron chi connectivity index (χ3n) is 6.81. The van der Waals surface area contributed by atoms with Crippen molar-refractivity contribution < 1.29 is 14.1 Å². The van der Waals surface area contributed by atoms with Gasteiger partial charge in [0.25, 0.3) is 0 Å². The molecule has 0 radical (unpaired) electrons. The Bertz CT molecular complexity index is 918. The number of aromatic nitrogens is 1. The van der Waals surface area contributed by atoms with Crippen LogP contribution in [0.3, 0.4) is 0 Å². The van der Waals surface area contributed by atoms with Gasteiger partial charge < -0.3 is 10.1 Å². The molecule has 0 atom stereocenters. The van der Waals surface area contributed by atoms with Crippen LogP contribution in [0.15, 0.2) is 55.4 Å².